The molecule has 1 aliphatic rings. The van der Waals surface area contributed by atoms with Gasteiger partial charge in [-0.25, -0.2) is 12.7 Å². The van der Waals surface area contributed by atoms with Gasteiger partial charge in [0, 0.05) is 26.2 Å². The van der Waals surface area contributed by atoms with E-state index >= 15 is 0 Å². The van der Waals surface area contributed by atoms with Crippen LogP contribution in [0.1, 0.15) is 48.9 Å². The van der Waals surface area contributed by atoms with Crippen molar-refractivity contribution in [2.45, 2.75) is 43.0 Å². The second-order valence-electron chi connectivity index (χ2n) is 10.6. The van der Waals surface area contributed by atoms with E-state index in [2.05, 4.69) is 11.4 Å². The van der Waals surface area contributed by atoms with Crippen LogP contribution in [0.3, 0.4) is 0 Å². The Bertz CT molecular complexity index is 1630. The van der Waals surface area contributed by atoms with Crippen LogP contribution in [0.5, 0.6) is 5.75 Å². The van der Waals surface area contributed by atoms with Crippen molar-refractivity contribution in [3.05, 3.63) is 89.0 Å². The summed E-state index contributed by atoms with van der Waals surface area (Å²) >= 11 is 0. The zero-order chi connectivity index (χ0) is 30.1. The number of hydrogen-bond acceptors (Lipinski definition) is 7. The predicted octanol–water partition coefficient (Wildman–Crippen LogP) is 3.78. The van der Waals surface area contributed by atoms with Crippen molar-refractivity contribution in [3.63, 3.8) is 0 Å². The Labute approximate surface area is 241 Å². The van der Waals surface area contributed by atoms with Crippen LogP contribution in [0.4, 0.5) is 5.69 Å². The molecule has 0 aromatic heterocycles. The number of rotatable bonds is 9. The molecule has 0 saturated heterocycles. The molecular weight excluding hydrogens is 540 g/mol. The van der Waals surface area contributed by atoms with Crippen LogP contribution in [0.15, 0.2) is 71.6 Å². The summed E-state index contributed by atoms with van der Waals surface area (Å²) in [6.07, 6.45) is 0. The Morgan fingerprint density at radius 1 is 1.05 bits per heavy atom. The van der Waals surface area contributed by atoms with Crippen molar-refractivity contribution in [2.24, 2.45) is 0 Å². The number of fused-ring (bicyclic) bond motifs is 1. The third-order valence-corrected chi connectivity index (χ3v) is 9.20. The smallest absolute Gasteiger partial charge is 0.270 e. The van der Waals surface area contributed by atoms with Crippen LogP contribution < -0.4 is 14.4 Å². The molecule has 0 radical (unpaired) electrons. The molecular formula is C31H34N4O5S. The van der Waals surface area contributed by atoms with Gasteiger partial charge in [-0.2, -0.15) is 5.26 Å². The van der Waals surface area contributed by atoms with Gasteiger partial charge in [-0.05, 0) is 60.4 Å². The molecule has 2 unspecified atom stereocenters. The molecule has 0 spiro atoms. The van der Waals surface area contributed by atoms with Crippen LogP contribution in [0.25, 0.3) is 0 Å². The number of para-hydroxylation sites is 1. The fraction of sp³-hybridized carbons (Fsp3) is 0.323. The Morgan fingerprint density at radius 2 is 1.71 bits per heavy atom. The van der Waals surface area contributed by atoms with Crippen molar-refractivity contribution >= 4 is 27.5 Å². The van der Waals surface area contributed by atoms with Crippen molar-refractivity contribution in [2.75, 3.05) is 32.1 Å². The first-order chi connectivity index (χ1) is 19.4. The fourth-order valence-electron chi connectivity index (χ4n) is 5.20. The van der Waals surface area contributed by atoms with Gasteiger partial charge in [0.2, 0.25) is 5.91 Å². The van der Waals surface area contributed by atoms with Crippen LogP contribution in [-0.4, -0.2) is 58.9 Å². The van der Waals surface area contributed by atoms with Gasteiger partial charge in [0.15, 0.2) is 0 Å². The second-order valence-corrected chi connectivity index (χ2v) is 12.4. The molecule has 1 aliphatic heterocycles. The molecule has 0 saturated carbocycles. The molecule has 3 aromatic carbocycles. The minimum absolute atomic E-state index is 0.0366. The van der Waals surface area contributed by atoms with Crippen LogP contribution in [-0.2, 0) is 25.0 Å². The summed E-state index contributed by atoms with van der Waals surface area (Å²) in [5, 5.41) is 12.9. The third-order valence-electron chi connectivity index (χ3n) is 7.49. The number of benzene rings is 3. The molecule has 0 bridgehead atoms. The standard InChI is InChI=1S/C31H34N4O5S/c1-20(2)23-12-14-24(15-13-23)41(38,39)35-27-16-11-22(18-32)17-26(27)31(30(35)37,19-33-21(3)29(36)34(4)5)25-9-7-8-10-28(25)40-6/h7-17,20-21,33H,19H2,1-6H3. The van der Waals surface area contributed by atoms with Crippen molar-refractivity contribution in [1.82, 2.24) is 10.2 Å². The largest absolute Gasteiger partial charge is 0.496 e. The lowest BCUT2D eigenvalue weighted by atomic mass is 9.74. The van der Waals surface area contributed by atoms with E-state index in [1.807, 2.05) is 13.8 Å². The van der Waals surface area contributed by atoms with E-state index in [1.165, 1.54) is 42.3 Å². The second kappa shape index (κ2) is 11.4. The van der Waals surface area contributed by atoms with Crippen molar-refractivity contribution in [3.8, 4) is 11.8 Å². The number of carbonyl (C=O) groups is 2. The SMILES string of the molecule is COc1ccccc1C1(CNC(C)C(=O)N(C)C)C(=O)N(S(=O)(=O)c2ccc(C(C)C)cc2)c2ccc(C#N)cc21. The molecule has 41 heavy (non-hydrogen) atoms. The molecule has 4 rings (SSSR count). The zero-order valence-corrected chi connectivity index (χ0v) is 24.8. The Kier molecular flexibility index (Phi) is 8.24. The number of nitrogens with one attached hydrogen (secondary N) is 1. The van der Waals surface area contributed by atoms with Crippen molar-refractivity contribution < 1.29 is 22.7 Å². The summed E-state index contributed by atoms with van der Waals surface area (Å²) < 4.78 is 34.8. The summed E-state index contributed by atoms with van der Waals surface area (Å²) in [6.45, 7) is 5.56. The van der Waals surface area contributed by atoms with Crippen LogP contribution in [0, 0.1) is 11.3 Å². The predicted molar refractivity (Wildman–Crippen MR) is 156 cm³/mol. The highest BCUT2D eigenvalue weighted by Gasteiger charge is 2.57. The molecule has 1 heterocycles. The number of likely N-dealkylation sites (N-methyl/N-ethyl adjacent to an activating group) is 1. The molecule has 0 fully saturated rings. The summed E-state index contributed by atoms with van der Waals surface area (Å²) in [4.78, 5) is 28.9. The number of anilines is 1. The van der Waals surface area contributed by atoms with Gasteiger partial charge in [-0.3, -0.25) is 9.59 Å². The van der Waals surface area contributed by atoms with E-state index in [9.17, 15) is 23.3 Å². The lowest BCUT2D eigenvalue weighted by Crippen LogP contribution is -2.53. The average Bonchev–Trinajstić information content (AvgIpc) is 3.22. The first-order valence-electron chi connectivity index (χ1n) is 13.2. The topological polar surface area (TPSA) is 120 Å². The summed E-state index contributed by atoms with van der Waals surface area (Å²) in [5.41, 5.74) is 0.456. The van der Waals surface area contributed by atoms with Crippen molar-refractivity contribution in [1.29, 1.82) is 5.26 Å². The van der Waals surface area contributed by atoms with E-state index in [1.54, 1.807) is 57.4 Å². The number of sulfonamides is 1. The van der Waals surface area contributed by atoms with E-state index in [-0.39, 0.29) is 34.5 Å². The van der Waals surface area contributed by atoms with E-state index < -0.39 is 27.4 Å². The first kappa shape index (κ1) is 29.8. The maximum absolute atomic E-state index is 14.7. The lowest BCUT2D eigenvalue weighted by Gasteiger charge is -2.32. The minimum atomic E-state index is -4.37. The molecule has 9 nitrogen and oxygen atoms in total. The monoisotopic (exact) mass is 574 g/mol. The normalized spacial score (nSPS) is 17.2. The maximum atomic E-state index is 14.7. The molecule has 0 aliphatic carbocycles. The number of nitrogens with zero attached hydrogens (tertiary/aromatic N) is 3. The summed E-state index contributed by atoms with van der Waals surface area (Å²) in [5.74, 6) is -0.395. The summed E-state index contributed by atoms with van der Waals surface area (Å²) in [6, 6.07) is 19.3. The fourth-order valence-corrected chi connectivity index (χ4v) is 6.68. The quantitative estimate of drug-likeness (QED) is 0.413. The number of nitriles is 1. The molecule has 1 N–H and O–H groups in total. The van der Waals surface area contributed by atoms with Gasteiger partial charge < -0.3 is 15.0 Å². The number of amides is 2. The van der Waals surface area contributed by atoms with Gasteiger partial charge >= 0.3 is 0 Å². The maximum Gasteiger partial charge on any atom is 0.270 e. The highest BCUT2D eigenvalue weighted by Crippen LogP contribution is 2.50. The minimum Gasteiger partial charge on any atom is -0.496 e. The van der Waals surface area contributed by atoms with Gasteiger partial charge in [0.25, 0.3) is 15.9 Å². The number of ether oxygens (including phenoxy) is 1. The molecule has 3 aromatic rings. The number of hydrogen-bond donors (Lipinski definition) is 1. The van der Waals surface area contributed by atoms with E-state index in [4.69, 9.17) is 4.74 Å². The molecule has 2 amide bonds. The van der Waals surface area contributed by atoms with Gasteiger partial charge in [0.1, 0.15) is 11.2 Å². The highest BCUT2D eigenvalue weighted by molar-refractivity contribution is 7.93. The number of methoxy groups -OCH3 is 1. The molecule has 214 valence electrons. The highest BCUT2D eigenvalue weighted by atomic mass is 32.2. The molecule has 2 atom stereocenters. The van der Waals surface area contributed by atoms with Gasteiger partial charge in [0.05, 0.1) is 35.4 Å². The van der Waals surface area contributed by atoms with E-state index in [0.29, 0.717) is 16.9 Å². The van der Waals surface area contributed by atoms with Gasteiger partial charge in [-0.15, -0.1) is 0 Å². The third kappa shape index (κ3) is 5.07. The average molecular weight is 575 g/mol. The first-order valence-corrected chi connectivity index (χ1v) is 14.7. The summed E-state index contributed by atoms with van der Waals surface area (Å²) in [7, 11) is 0.353. The van der Waals surface area contributed by atoms with E-state index in [0.717, 1.165) is 9.87 Å². The van der Waals surface area contributed by atoms with Crippen LogP contribution in [0.2, 0.25) is 0 Å². The van der Waals surface area contributed by atoms with Gasteiger partial charge in [-0.1, -0.05) is 44.2 Å². The Hall–Kier alpha value is -4.20. The Balaban J connectivity index is 1.98. The number of carbonyl (C=O) groups excluding carboxylic acids is 2. The van der Waals surface area contributed by atoms with Crippen LogP contribution >= 0.6 is 0 Å². The molecule has 10 heteroatoms. The Morgan fingerprint density at radius 3 is 2.29 bits per heavy atom. The zero-order valence-electron chi connectivity index (χ0n) is 24.0. The lowest BCUT2D eigenvalue weighted by molar-refractivity contribution is -0.131.